The maximum absolute atomic E-state index is 12.9. The van der Waals surface area contributed by atoms with E-state index in [0.29, 0.717) is 12.8 Å². The van der Waals surface area contributed by atoms with Crippen LogP contribution in [-0.2, 0) is 9.53 Å². The zero-order valence-electron chi connectivity index (χ0n) is 7.70. The van der Waals surface area contributed by atoms with Crippen molar-refractivity contribution in [3.05, 3.63) is 0 Å². The minimum absolute atomic E-state index is 0.213. The van der Waals surface area contributed by atoms with Gasteiger partial charge < -0.3 is 9.84 Å². The fraction of sp³-hybridized carbons (Fsp3) is 0.889. The molecule has 0 bridgehead atoms. The van der Waals surface area contributed by atoms with Crippen LogP contribution in [0.5, 0.6) is 0 Å². The molecule has 3 nitrogen and oxygen atoms in total. The van der Waals surface area contributed by atoms with Gasteiger partial charge in [-0.15, -0.1) is 0 Å². The van der Waals surface area contributed by atoms with E-state index in [1.807, 2.05) is 0 Å². The Hall–Kier alpha value is -0.640. The highest BCUT2D eigenvalue weighted by Gasteiger charge is 2.25. The Kier molecular flexibility index (Phi) is 3.66. The Morgan fingerprint density at radius 3 is 2.85 bits per heavy atom. The lowest BCUT2D eigenvalue weighted by molar-refractivity contribution is -0.154. The Labute approximate surface area is 76.9 Å². The van der Waals surface area contributed by atoms with Crippen LogP contribution in [0.4, 0.5) is 4.39 Å². The third-order valence-electron chi connectivity index (χ3n) is 2.31. The smallest absolute Gasteiger partial charge is 0.332 e. The van der Waals surface area contributed by atoms with E-state index in [2.05, 4.69) is 0 Å². The lowest BCUT2D eigenvalue weighted by Gasteiger charge is -2.26. The van der Waals surface area contributed by atoms with Gasteiger partial charge in [-0.25, -0.2) is 9.18 Å². The Morgan fingerprint density at radius 1 is 1.62 bits per heavy atom. The van der Waals surface area contributed by atoms with Crippen molar-refractivity contribution < 1.29 is 19.0 Å². The molecule has 13 heavy (non-hydrogen) atoms. The molecule has 0 saturated heterocycles. The molecule has 0 radical (unpaired) electrons. The summed E-state index contributed by atoms with van der Waals surface area (Å²) in [6.45, 7) is 1.48. The number of carbonyl (C=O) groups is 1. The number of hydrogen-bond donors (Lipinski definition) is 1. The molecule has 0 aromatic rings. The monoisotopic (exact) mass is 190 g/mol. The van der Waals surface area contributed by atoms with E-state index < -0.39 is 18.2 Å². The number of aliphatic carboxylic acids is 1. The summed E-state index contributed by atoms with van der Waals surface area (Å²) in [7, 11) is 0. The van der Waals surface area contributed by atoms with Crippen LogP contribution in [0.15, 0.2) is 0 Å². The number of carboxylic acids is 1. The maximum Gasteiger partial charge on any atom is 0.332 e. The highest BCUT2D eigenvalue weighted by Crippen LogP contribution is 2.24. The molecule has 0 heterocycles. The van der Waals surface area contributed by atoms with E-state index in [4.69, 9.17) is 9.84 Å². The summed E-state index contributed by atoms with van der Waals surface area (Å²) in [6.07, 6.45) is 0.639. The molecule has 1 aliphatic rings. The third kappa shape index (κ3) is 3.30. The molecule has 0 aromatic heterocycles. The molecule has 1 rings (SSSR count). The Bertz CT molecular complexity index is 184. The second kappa shape index (κ2) is 4.56. The average molecular weight is 190 g/mol. The van der Waals surface area contributed by atoms with Gasteiger partial charge in [0.25, 0.3) is 0 Å². The summed E-state index contributed by atoms with van der Waals surface area (Å²) < 4.78 is 18.0. The SMILES string of the molecule is CC(OC1CCCC(F)C1)C(=O)O. The van der Waals surface area contributed by atoms with Gasteiger partial charge in [0.2, 0.25) is 0 Å². The number of rotatable bonds is 3. The maximum atomic E-state index is 12.9. The van der Waals surface area contributed by atoms with Crippen LogP contribution < -0.4 is 0 Å². The van der Waals surface area contributed by atoms with Crippen LogP contribution in [0, 0.1) is 0 Å². The summed E-state index contributed by atoms with van der Waals surface area (Å²) >= 11 is 0. The molecule has 1 N–H and O–H groups in total. The molecule has 0 aromatic carbocycles. The van der Waals surface area contributed by atoms with Crippen LogP contribution >= 0.6 is 0 Å². The first-order chi connectivity index (χ1) is 6.09. The number of ether oxygens (including phenoxy) is 1. The second-order valence-corrected chi connectivity index (χ2v) is 3.50. The molecular weight excluding hydrogens is 175 g/mol. The van der Waals surface area contributed by atoms with Crippen molar-refractivity contribution in [3.63, 3.8) is 0 Å². The molecule has 1 fully saturated rings. The molecule has 76 valence electrons. The second-order valence-electron chi connectivity index (χ2n) is 3.50. The summed E-state index contributed by atoms with van der Waals surface area (Å²) in [5.41, 5.74) is 0. The first-order valence-corrected chi connectivity index (χ1v) is 4.62. The fourth-order valence-electron chi connectivity index (χ4n) is 1.56. The van der Waals surface area contributed by atoms with Gasteiger partial charge in [0.15, 0.2) is 6.10 Å². The van der Waals surface area contributed by atoms with Crippen LogP contribution in [0.2, 0.25) is 0 Å². The van der Waals surface area contributed by atoms with E-state index in [9.17, 15) is 9.18 Å². The van der Waals surface area contributed by atoms with Crippen molar-refractivity contribution in [3.8, 4) is 0 Å². The topological polar surface area (TPSA) is 46.5 Å². The third-order valence-corrected chi connectivity index (χ3v) is 2.31. The number of hydrogen-bond acceptors (Lipinski definition) is 2. The van der Waals surface area contributed by atoms with Crippen LogP contribution in [0.25, 0.3) is 0 Å². The van der Waals surface area contributed by atoms with Crippen LogP contribution in [-0.4, -0.2) is 29.5 Å². The van der Waals surface area contributed by atoms with Gasteiger partial charge in [0.05, 0.1) is 6.10 Å². The Morgan fingerprint density at radius 2 is 2.31 bits per heavy atom. The summed E-state index contributed by atoms with van der Waals surface area (Å²) in [4.78, 5) is 10.4. The number of carboxylic acid groups (broad SMARTS) is 1. The number of alkyl halides is 1. The molecule has 3 atom stereocenters. The van der Waals surface area contributed by atoms with Crippen molar-refractivity contribution >= 4 is 5.97 Å². The molecule has 1 saturated carbocycles. The molecule has 0 amide bonds. The average Bonchev–Trinajstić information content (AvgIpc) is 2.04. The minimum Gasteiger partial charge on any atom is -0.479 e. The van der Waals surface area contributed by atoms with Crippen molar-refractivity contribution in [2.75, 3.05) is 0 Å². The molecule has 0 aliphatic heterocycles. The first-order valence-electron chi connectivity index (χ1n) is 4.62. The summed E-state index contributed by atoms with van der Waals surface area (Å²) in [5, 5.41) is 8.56. The quantitative estimate of drug-likeness (QED) is 0.737. The van der Waals surface area contributed by atoms with Gasteiger partial charge >= 0.3 is 5.97 Å². The van der Waals surface area contributed by atoms with Gasteiger partial charge in [0.1, 0.15) is 6.17 Å². The van der Waals surface area contributed by atoms with Crippen LogP contribution in [0.3, 0.4) is 0 Å². The molecule has 0 spiro atoms. The van der Waals surface area contributed by atoms with Gasteiger partial charge in [-0.2, -0.15) is 0 Å². The predicted octanol–water partition coefficient (Wildman–Crippen LogP) is 1.76. The molecule has 1 aliphatic carbocycles. The standard InChI is InChI=1S/C9H15FO3/c1-6(9(11)12)13-8-4-2-3-7(10)5-8/h6-8H,2-5H2,1H3,(H,11,12). The molecule has 3 unspecified atom stereocenters. The first kappa shape index (κ1) is 10.4. The summed E-state index contributed by atoms with van der Waals surface area (Å²) in [5.74, 6) is -0.985. The van der Waals surface area contributed by atoms with Crippen molar-refractivity contribution in [1.29, 1.82) is 0 Å². The van der Waals surface area contributed by atoms with E-state index in [1.165, 1.54) is 6.92 Å². The van der Waals surface area contributed by atoms with Gasteiger partial charge in [-0.05, 0) is 26.2 Å². The van der Waals surface area contributed by atoms with Crippen LogP contribution in [0.1, 0.15) is 32.6 Å². The minimum atomic E-state index is -0.985. The lowest BCUT2D eigenvalue weighted by atomic mass is 9.96. The van der Waals surface area contributed by atoms with E-state index in [1.54, 1.807) is 0 Å². The van der Waals surface area contributed by atoms with Gasteiger partial charge in [-0.3, -0.25) is 0 Å². The normalized spacial score (nSPS) is 31.2. The van der Waals surface area contributed by atoms with Crippen molar-refractivity contribution in [2.24, 2.45) is 0 Å². The highest BCUT2D eigenvalue weighted by atomic mass is 19.1. The van der Waals surface area contributed by atoms with Gasteiger partial charge in [-0.1, -0.05) is 0 Å². The Balaban J connectivity index is 2.31. The van der Waals surface area contributed by atoms with E-state index in [-0.39, 0.29) is 6.10 Å². The van der Waals surface area contributed by atoms with Gasteiger partial charge in [0, 0.05) is 6.42 Å². The highest BCUT2D eigenvalue weighted by molar-refractivity contribution is 5.71. The lowest BCUT2D eigenvalue weighted by Crippen LogP contribution is -2.31. The number of halogens is 1. The van der Waals surface area contributed by atoms with Crippen molar-refractivity contribution in [1.82, 2.24) is 0 Å². The molecule has 4 heteroatoms. The fourth-order valence-corrected chi connectivity index (χ4v) is 1.56. The van der Waals surface area contributed by atoms with E-state index >= 15 is 0 Å². The zero-order chi connectivity index (χ0) is 9.84. The summed E-state index contributed by atoms with van der Waals surface area (Å²) in [6, 6.07) is 0. The zero-order valence-corrected chi connectivity index (χ0v) is 7.70. The van der Waals surface area contributed by atoms with E-state index in [0.717, 1.165) is 12.8 Å². The molecular formula is C9H15FO3. The predicted molar refractivity (Wildman–Crippen MR) is 45.3 cm³/mol. The largest absolute Gasteiger partial charge is 0.479 e. The van der Waals surface area contributed by atoms with Crippen molar-refractivity contribution in [2.45, 2.75) is 51.0 Å².